The molecule has 1 saturated heterocycles. The number of thioether (sulfide) groups is 1. The summed E-state index contributed by atoms with van der Waals surface area (Å²) < 4.78 is 5.86. The number of ether oxygens (including phenoxy) is 1. The maximum Gasteiger partial charge on any atom is 0.266 e. The number of benzene rings is 3. The number of hydrogen-bond donors (Lipinski definition) is 1. The Balaban J connectivity index is 1.36. The smallest absolute Gasteiger partial charge is 0.266 e. The number of rotatable bonds is 6. The fourth-order valence-corrected chi connectivity index (χ4v) is 7.03. The Kier molecular flexibility index (Phi) is 7.16. The number of aromatic nitrogens is 1. The molecule has 41 heavy (non-hydrogen) atoms. The van der Waals surface area contributed by atoms with Gasteiger partial charge in [-0.05, 0) is 85.8 Å². The van der Waals surface area contributed by atoms with Crippen LogP contribution in [0.15, 0.2) is 82.8 Å². The number of aromatic amines is 1. The third-order valence-electron chi connectivity index (χ3n) is 8.42. The Bertz CT molecular complexity index is 1670. The molecule has 1 atom stereocenters. The maximum absolute atomic E-state index is 13.9. The van der Waals surface area contributed by atoms with Crippen molar-refractivity contribution in [2.24, 2.45) is 4.99 Å². The van der Waals surface area contributed by atoms with Crippen LogP contribution in [0.3, 0.4) is 0 Å². The van der Waals surface area contributed by atoms with Gasteiger partial charge in [0, 0.05) is 53.5 Å². The number of fused-ring (bicyclic) bond motifs is 2. The van der Waals surface area contributed by atoms with Gasteiger partial charge in [-0.2, -0.15) is 0 Å². The van der Waals surface area contributed by atoms with Crippen LogP contribution in [0.2, 0.25) is 0 Å². The van der Waals surface area contributed by atoms with E-state index in [4.69, 9.17) is 9.73 Å². The van der Waals surface area contributed by atoms with Gasteiger partial charge in [-0.25, -0.2) is 4.99 Å². The van der Waals surface area contributed by atoms with Gasteiger partial charge in [0.25, 0.3) is 5.91 Å². The second-order valence-corrected chi connectivity index (χ2v) is 12.5. The minimum atomic E-state index is -0.0319. The third kappa shape index (κ3) is 5.15. The van der Waals surface area contributed by atoms with E-state index >= 15 is 0 Å². The van der Waals surface area contributed by atoms with Crippen LogP contribution < -0.4 is 9.64 Å². The summed E-state index contributed by atoms with van der Waals surface area (Å²) in [4.78, 5) is 27.0. The zero-order chi connectivity index (χ0) is 28.7. The minimum absolute atomic E-state index is 0.0319. The lowest BCUT2D eigenvalue weighted by molar-refractivity contribution is -0.122. The highest BCUT2D eigenvalue weighted by molar-refractivity contribution is 8.18. The predicted octanol–water partition coefficient (Wildman–Crippen LogP) is 7.75. The van der Waals surface area contributed by atoms with E-state index in [1.165, 1.54) is 34.0 Å². The molecule has 2 aliphatic rings. The van der Waals surface area contributed by atoms with Gasteiger partial charge in [-0.3, -0.25) is 9.69 Å². The summed E-state index contributed by atoms with van der Waals surface area (Å²) in [6.45, 7) is 7.38. The monoisotopic (exact) mass is 564 g/mol. The van der Waals surface area contributed by atoms with E-state index in [9.17, 15) is 4.79 Å². The zero-order valence-electron chi connectivity index (χ0n) is 24.3. The van der Waals surface area contributed by atoms with Gasteiger partial charge in [0.05, 0.1) is 17.7 Å². The molecule has 1 N–H and O–H groups in total. The van der Waals surface area contributed by atoms with Gasteiger partial charge >= 0.3 is 0 Å². The highest BCUT2D eigenvalue weighted by Gasteiger charge is 2.36. The van der Waals surface area contributed by atoms with Gasteiger partial charge in [-0.1, -0.05) is 43.3 Å². The first-order valence-electron chi connectivity index (χ1n) is 14.1. The number of aliphatic imine (C=N–C) groups is 1. The van der Waals surface area contributed by atoms with Crippen molar-refractivity contribution in [3.8, 4) is 5.75 Å². The quantitative estimate of drug-likeness (QED) is 0.243. The summed E-state index contributed by atoms with van der Waals surface area (Å²) in [5, 5.41) is 1.88. The Morgan fingerprint density at radius 2 is 1.88 bits per heavy atom. The van der Waals surface area contributed by atoms with Crippen LogP contribution in [0.1, 0.15) is 49.8 Å². The van der Waals surface area contributed by atoms with Crippen molar-refractivity contribution in [3.05, 3.63) is 94.5 Å². The number of amides is 1. The molecule has 210 valence electrons. The third-order valence-corrected chi connectivity index (χ3v) is 9.43. The molecule has 6 rings (SSSR count). The SMILES string of the molecule is COc1cc2c(cc1/C=C1/SC(=Nc3ccccc3)N(CCc3c[nH]c4ccccc34)C1=O)C(C)CC(C)(C)N2C. The number of H-pyrrole nitrogens is 1. The molecule has 0 bridgehead atoms. The van der Waals surface area contributed by atoms with Gasteiger partial charge in [0.15, 0.2) is 5.17 Å². The number of nitrogens with one attached hydrogen (secondary N) is 1. The first-order valence-corrected chi connectivity index (χ1v) is 14.9. The molecule has 1 fully saturated rings. The van der Waals surface area contributed by atoms with Crippen molar-refractivity contribution in [2.45, 2.75) is 45.1 Å². The lowest BCUT2D eigenvalue weighted by Gasteiger charge is -2.45. The van der Waals surface area contributed by atoms with Gasteiger partial charge in [0.2, 0.25) is 0 Å². The molecule has 3 aromatic carbocycles. The summed E-state index contributed by atoms with van der Waals surface area (Å²) in [6.07, 6.45) is 5.80. The number of methoxy groups -OCH3 is 1. The molecular formula is C34H36N4O2S. The van der Waals surface area contributed by atoms with Crippen LogP contribution in [0.5, 0.6) is 5.75 Å². The Morgan fingerprint density at radius 3 is 2.66 bits per heavy atom. The average Bonchev–Trinajstić information content (AvgIpc) is 3.51. The lowest BCUT2D eigenvalue weighted by atomic mass is 9.80. The normalized spacial score (nSPS) is 20.3. The van der Waals surface area contributed by atoms with Crippen molar-refractivity contribution in [2.75, 3.05) is 25.6 Å². The summed E-state index contributed by atoms with van der Waals surface area (Å²) in [5.41, 5.74) is 6.56. The van der Waals surface area contributed by atoms with Crippen LogP contribution >= 0.6 is 11.8 Å². The van der Waals surface area contributed by atoms with Gasteiger partial charge < -0.3 is 14.6 Å². The molecule has 6 nitrogen and oxygen atoms in total. The van der Waals surface area contributed by atoms with Crippen molar-refractivity contribution in [3.63, 3.8) is 0 Å². The van der Waals surface area contributed by atoms with Crippen LogP contribution in [-0.2, 0) is 11.2 Å². The number of nitrogens with zero attached hydrogens (tertiary/aromatic N) is 3. The fraction of sp³-hybridized carbons (Fsp3) is 0.294. The first-order chi connectivity index (χ1) is 19.7. The molecule has 7 heteroatoms. The maximum atomic E-state index is 13.9. The Hall–Kier alpha value is -3.97. The molecular weight excluding hydrogens is 528 g/mol. The van der Waals surface area contributed by atoms with Crippen LogP contribution in [0, 0.1) is 0 Å². The molecule has 0 radical (unpaired) electrons. The van der Waals surface area contributed by atoms with Gasteiger partial charge in [-0.15, -0.1) is 0 Å². The number of carbonyl (C=O) groups excluding carboxylic acids is 1. The molecule has 0 spiro atoms. The van der Waals surface area contributed by atoms with Gasteiger partial charge in [0.1, 0.15) is 5.75 Å². The first kappa shape index (κ1) is 27.2. The molecule has 4 aromatic rings. The largest absolute Gasteiger partial charge is 0.496 e. The van der Waals surface area contributed by atoms with E-state index in [0.29, 0.717) is 22.5 Å². The molecule has 2 aliphatic heterocycles. The van der Waals surface area contributed by atoms with Crippen LogP contribution in [0.25, 0.3) is 17.0 Å². The van der Waals surface area contributed by atoms with Crippen molar-refractivity contribution >= 4 is 51.2 Å². The summed E-state index contributed by atoms with van der Waals surface area (Å²) in [7, 11) is 3.84. The molecule has 1 unspecified atom stereocenters. The van der Waals surface area contributed by atoms with Crippen molar-refractivity contribution in [1.82, 2.24) is 9.88 Å². The minimum Gasteiger partial charge on any atom is -0.496 e. The number of carbonyl (C=O) groups is 1. The van der Waals surface area contributed by atoms with Crippen LogP contribution in [0.4, 0.5) is 11.4 Å². The predicted molar refractivity (Wildman–Crippen MR) is 171 cm³/mol. The molecule has 1 aromatic heterocycles. The molecule has 3 heterocycles. The van der Waals surface area contributed by atoms with E-state index < -0.39 is 0 Å². The average molecular weight is 565 g/mol. The van der Waals surface area contributed by atoms with Crippen LogP contribution in [-0.4, -0.2) is 47.2 Å². The highest BCUT2D eigenvalue weighted by atomic mass is 32.2. The van der Waals surface area contributed by atoms with E-state index in [1.807, 2.05) is 59.6 Å². The number of anilines is 1. The molecule has 1 amide bonds. The van der Waals surface area contributed by atoms with E-state index in [1.54, 1.807) is 7.11 Å². The molecule has 0 saturated carbocycles. The fourth-order valence-electron chi connectivity index (χ4n) is 6.01. The summed E-state index contributed by atoms with van der Waals surface area (Å²) >= 11 is 1.43. The van der Waals surface area contributed by atoms with E-state index in [2.05, 4.69) is 62.0 Å². The summed E-state index contributed by atoms with van der Waals surface area (Å²) in [5.74, 6) is 1.13. The standard InChI is InChI=1S/C34H36N4O2S/c1-22-20-34(2,3)37(4)29-19-30(40-5)24(17-27(22)29)18-31-32(39)38(33(41-31)36-25-11-7-6-8-12-25)16-15-23-21-35-28-14-10-9-13-26(23)28/h6-14,17-19,21-22,35H,15-16,20H2,1-5H3/b31-18+,36-33?. The second-order valence-electron chi connectivity index (χ2n) is 11.5. The lowest BCUT2D eigenvalue weighted by Crippen LogP contribution is -2.45. The Labute approximate surface area is 246 Å². The Morgan fingerprint density at radius 1 is 1.12 bits per heavy atom. The highest BCUT2D eigenvalue weighted by Crippen LogP contribution is 2.46. The number of amidine groups is 1. The van der Waals surface area contributed by atoms with Crippen molar-refractivity contribution < 1.29 is 9.53 Å². The number of hydrogen-bond acceptors (Lipinski definition) is 5. The van der Waals surface area contributed by atoms with Crippen molar-refractivity contribution in [1.29, 1.82) is 0 Å². The number of para-hydroxylation sites is 2. The summed E-state index contributed by atoms with van der Waals surface area (Å²) in [6, 6.07) is 22.4. The molecule has 0 aliphatic carbocycles. The topological polar surface area (TPSA) is 60.9 Å². The van der Waals surface area contributed by atoms with E-state index in [0.717, 1.165) is 35.4 Å². The van der Waals surface area contributed by atoms with E-state index in [-0.39, 0.29) is 11.4 Å². The second kappa shape index (κ2) is 10.8. The zero-order valence-corrected chi connectivity index (χ0v) is 25.1.